The largest absolute Gasteiger partial charge is 0.494 e. The van der Waals surface area contributed by atoms with Crippen LogP contribution in [0.25, 0.3) is 6.08 Å². The van der Waals surface area contributed by atoms with Gasteiger partial charge in [0.25, 0.3) is 5.91 Å². The van der Waals surface area contributed by atoms with E-state index in [9.17, 15) is 9.59 Å². The van der Waals surface area contributed by atoms with Crippen LogP contribution < -0.4 is 29.2 Å². The summed E-state index contributed by atoms with van der Waals surface area (Å²) in [5.74, 6) is 2.20. The van der Waals surface area contributed by atoms with Crippen LogP contribution in [0, 0.1) is 6.92 Å². The standard InChI is InChI=1S/C30H32N2O6/c1-4-36-27-12-9-22(18-28(27)35-3)10-14-29(33)31-23-11-13-26-25(19-23)32(30(34)20-38-26)15-6-16-37-24-8-5-7-21(2)17-24/h5,7-14,17-19H,4,6,15-16,20H2,1-3H3,(H,31,33)/b14-10+. The van der Waals surface area contributed by atoms with Crippen LogP contribution in [-0.4, -0.2) is 45.3 Å². The fourth-order valence-electron chi connectivity index (χ4n) is 4.06. The maximum absolute atomic E-state index is 12.6. The summed E-state index contributed by atoms with van der Waals surface area (Å²) >= 11 is 0. The van der Waals surface area contributed by atoms with E-state index in [2.05, 4.69) is 5.32 Å². The third-order valence-electron chi connectivity index (χ3n) is 5.87. The second-order valence-electron chi connectivity index (χ2n) is 8.70. The van der Waals surface area contributed by atoms with Gasteiger partial charge in [0.05, 0.1) is 26.0 Å². The highest BCUT2D eigenvalue weighted by Crippen LogP contribution is 2.35. The number of fused-ring (bicyclic) bond motifs is 1. The normalized spacial score (nSPS) is 12.6. The molecule has 0 atom stereocenters. The molecule has 38 heavy (non-hydrogen) atoms. The highest BCUT2D eigenvalue weighted by molar-refractivity contribution is 6.03. The maximum Gasteiger partial charge on any atom is 0.265 e. The summed E-state index contributed by atoms with van der Waals surface area (Å²) in [6.45, 7) is 5.37. The zero-order valence-corrected chi connectivity index (χ0v) is 21.9. The lowest BCUT2D eigenvalue weighted by Crippen LogP contribution is -2.39. The van der Waals surface area contributed by atoms with Crippen molar-refractivity contribution in [3.63, 3.8) is 0 Å². The molecule has 0 fully saturated rings. The summed E-state index contributed by atoms with van der Waals surface area (Å²) in [7, 11) is 1.57. The third kappa shape index (κ3) is 6.85. The third-order valence-corrected chi connectivity index (χ3v) is 5.87. The number of carbonyl (C=O) groups excluding carboxylic acids is 2. The number of carbonyl (C=O) groups is 2. The minimum atomic E-state index is -0.307. The molecule has 3 aromatic carbocycles. The van der Waals surface area contributed by atoms with Crippen molar-refractivity contribution >= 4 is 29.3 Å². The first-order valence-electron chi connectivity index (χ1n) is 12.5. The molecule has 198 valence electrons. The van der Waals surface area contributed by atoms with Crippen LogP contribution in [0.15, 0.2) is 66.7 Å². The molecule has 1 N–H and O–H groups in total. The minimum Gasteiger partial charge on any atom is -0.494 e. The molecule has 4 rings (SSSR count). The zero-order chi connectivity index (χ0) is 26.9. The first kappa shape index (κ1) is 26.6. The summed E-state index contributed by atoms with van der Waals surface area (Å²) < 4.78 is 22.3. The number of aryl methyl sites for hydroxylation is 1. The van der Waals surface area contributed by atoms with Crippen LogP contribution >= 0.6 is 0 Å². The predicted octanol–water partition coefficient (Wildman–Crippen LogP) is 5.25. The number of anilines is 2. The van der Waals surface area contributed by atoms with Crippen LogP contribution in [0.4, 0.5) is 11.4 Å². The monoisotopic (exact) mass is 516 g/mol. The van der Waals surface area contributed by atoms with E-state index >= 15 is 0 Å². The Morgan fingerprint density at radius 3 is 2.74 bits per heavy atom. The van der Waals surface area contributed by atoms with Gasteiger partial charge in [0.15, 0.2) is 18.1 Å². The van der Waals surface area contributed by atoms with Crippen molar-refractivity contribution in [3.8, 4) is 23.0 Å². The van der Waals surface area contributed by atoms with Crippen molar-refractivity contribution in [2.24, 2.45) is 0 Å². The first-order valence-corrected chi connectivity index (χ1v) is 12.5. The predicted molar refractivity (Wildman–Crippen MR) is 147 cm³/mol. The van der Waals surface area contributed by atoms with Crippen LogP contribution in [0.1, 0.15) is 24.5 Å². The first-order chi connectivity index (χ1) is 18.5. The van der Waals surface area contributed by atoms with E-state index in [1.807, 2.05) is 44.2 Å². The molecular formula is C30H32N2O6. The fourth-order valence-corrected chi connectivity index (χ4v) is 4.06. The summed E-state index contributed by atoms with van der Waals surface area (Å²) in [6, 6.07) is 18.6. The Labute approximate surface area is 222 Å². The van der Waals surface area contributed by atoms with Gasteiger partial charge in [0, 0.05) is 18.3 Å². The molecule has 2 amide bonds. The van der Waals surface area contributed by atoms with Gasteiger partial charge >= 0.3 is 0 Å². The molecule has 0 saturated carbocycles. The number of nitrogens with one attached hydrogen (secondary N) is 1. The van der Waals surface area contributed by atoms with Gasteiger partial charge in [-0.3, -0.25) is 9.59 Å². The maximum atomic E-state index is 12.6. The minimum absolute atomic E-state index is 0.0221. The van der Waals surface area contributed by atoms with E-state index < -0.39 is 0 Å². The van der Waals surface area contributed by atoms with Crippen molar-refractivity contribution in [3.05, 3.63) is 77.9 Å². The molecule has 8 heteroatoms. The lowest BCUT2D eigenvalue weighted by Gasteiger charge is -2.29. The molecule has 0 aliphatic carbocycles. The van der Waals surface area contributed by atoms with Crippen molar-refractivity contribution in [2.45, 2.75) is 20.3 Å². The molecule has 8 nitrogen and oxygen atoms in total. The molecule has 3 aromatic rings. The number of methoxy groups -OCH3 is 1. The number of hydrogen-bond acceptors (Lipinski definition) is 6. The fraction of sp³-hybridized carbons (Fsp3) is 0.267. The SMILES string of the molecule is CCOc1ccc(/C=C/C(=O)Nc2ccc3c(c2)N(CCCOc2cccc(C)c2)C(=O)CO3)cc1OC. The van der Waals surface area contributed by atoms with E-state index in [1.54, 1.807) is 48.4 Å². The molecule has 0 aromatic heterocycles. The number of nitrogens with zero attached hydrogens (tertiary/aromatic N) is 1. The van der Waals surface area contributed by atoms with Gasteiger partial charge in [0.1, 0.15) is 11.5 Å². The Morgan fingerprint density at radius 2 is 1.95 bits per heavy atom. The Morgan fingerprint density at radius 1 is 1.08 bits per heavy atom. The van der Waals surface area contributed by atoms with Gasteiger partial charge in [-0.15, -0.1) is 0 Å². The van der Waals surface area contributed by atoms with Gasteiger partial charge in [0.2, 0.25) is 5.91 Å². The Bertz CT molecular complexity index is 1320. The van der Waals surface area contributed by atoms with E-state index in [4.69, 9.17) is 18.9 Å². The molecule has 0 unspecified atom stereocenters. The average molecular weight is 517 g/mol. The molecule has 0 bridgehead atoms. The quantitative estimate of drug-likeness (QED) is 0.277. The summed E-state index contributed by atoms with van der Waals surface area (Å²) in [6.07, 6.45) is 3.78. The second kappa shape index (κ2) is 12.7. The molecule has 0 radical (unpaired) electrons. The van der Waals surface area contributed by atoms with Crippen molar-refractivity contribution < 1.29 is 28.5 Å². The number of hydrogen-bond donors (Lipinski definition) is 1. The van der Waals surface area contributed by atoms with Crippen molar-refractivity contribution in [2.75, 3.05) is 43.7 Å². The molecule has 1 heterocycles. The van der Waals surface area contributed by atoms with Gasteiger partial charge in [-0.1, -0.05) is 18.2 Å². The zero-order valence-electron chi connectivity index (χ0n) is 21.9. The average Bonchev–Trinajstić information content (AvgIpc) is 2.91. The number of ether oxygens (including phenoxy) is 4. The van der Waals surface area contributed by atoms with Crippen LogP contribution in [0.2, 0.25) is 0 Å². The number of benzene rings is 3. The lowest BCUT2D eigenvalue weighted by molar-refractivity contribution is -0.121. The molecule has 0 saturated heterocycles. The van der Waals surface area contributed by atoms with Gasteiger partial charge in [-0.2, -0.15) is 0 Å². The van der Waals surface area contributed by atoms with E-state index in [-0.39, 0.29) is 18.4 Å². The number of rotatable bonds is 11. The highest BCUT2D eigenvalue weighted by Gasteiger charge is 2.25. The van der Waals surface area contributed by atoms with E-state index in [0.717, 1.165) is 16.9 Å². The smallest absolute Gasteiger partial charge is 0.265 e. The van der Waals surface area contributed by atoms with Crippen molar-refractivity contribution in [1.29, 1.82) is 0 Å². The molecule has 0 spiro atoms. The van der Waals surface area contributed by atoms with Crippen molar-refractivity contribution in [1.82, 2.24) is 0 Å². The number of amides is 2. The summed E-state index contributed by atoms with van der Waals surface area (Å²) in [5, 5.41) is 2.85. The van der Waals surface area contributed by atoms with E-state index in [1.165, 1.54) is 6.08 Å². The molecular weight excluding hydrogens is 484 g/mol. The lowest BCUT2D eigenvalue weighted by atomic mass is 10.1. The van der Waals surface area contributed by atoms with Crippen LogP contribution in [0.5, 0.6) is 23.0 Å². The topological polar surface area (TPSA) is 86.3 Å². The molecule has 1 aliphatic heterocycles. The highest BCUT2D eigenvalue weighted by atomic mass is 16.5. The summed E-state index contributed by atoms with van der Waals surface area (Å²) in [4.78, 5) is 26.9. The van der Waals surface area contributed by atoms with Crippen LogP contribution in [0.3, 0.4) is 0 Å². The Kier molecular flexibility index (Phi) is 8.87. The van der Waals surface area contributed by atoms with Gasteiger partial charge in [-0.05, 0) is 79.9 Å². The van der Waals surface area contributed by atoms with Gasteiger partial charge in [-0.25, -0.2) is 0 Å². The Hall–Kier alpha value is -4.46. The summed E-state index contributed by atoms with van der Waals surface area (Å²) in [5.41, 5.74) is 3.10. The molecule has 1 aliphatic rings. The van der Waals surface area contributed by atoms with Crippen LogP contribution in [-0.2, 0) is 9.59 Å². The van der Waals surface area contributed by atoms with Gasteiger partial charge < -0.3 is 29.2 Å². The van der Waals surface area contributed by atoms with E-state index in [0.29, 0.717) is 54.8 Å². The second-order valence-corrected chi connectivity index (χ2v) is 8.70. The Balaban J connectivity index is 1.38.